The Bertz CT molecular complexity index is 1320. The molecule has 178 valence electrons. The number of aromatic nitrogens is 4. The third-order valence-corrected chi connectivity index (χ3v) is 6.06. The van der Waals surface area contributed by atoms with Gasteiger partial charge in [-0.2, -0.15) is 4.98 Å². The summed E-state index contributed by atoms with van der Waals surface area (Å²) in [5, 5.41) is 0. The second-order valence-corrected chi connectivity index (χ2v) is 8.68. The highest BCUT2D eigenvalue weighted by atomic mass is 19.1. The van der Waals surface area contributed by atoms with Gasteiger partial charge in [-0.05, 0) is 56.0 Å². The van der Waals surface area contributed by atoms with Crippen LogP contribution in [0.25, 0.3) is 0 Å². The van der Waals surface area contributed by atoms with Gasteiger partial charge in [-0.1, -0.05) is 24.3 Å². The minimum absolute atomic E-state index is 0.0520. The van der Waals surface area contributed by atoms with Crippen LogP contribution in [0.2, 0.25) is 0 Å². The molecule has 0 aliphatic carbocycles. The van der Waals surface area contributed by atoms with Crippen LogP contribution in [0, 0.1) is 12.7 Å². The fourth-order valence-electron chi connectivity index (χ4n) is 4.41. The first-order valence-corrected chi connectivity index (χ1v) is 11.7. The Morgan fingerprint density at radius 2 is 2.00 bits per heavy atom. The first kappa shape index (κ1) is 22.7. The molecule has 1 aliphatic rings. The van der Waals surface area contributed by atoms with E-state index in [4.69, 9.17) is 4.74 Å². The first-order chi connectivity index (χ1) is 17.1. The second-order valence-electron chi connectivity index (χ2n) is 8.68. The monoisotopic (exact) mass is 471 g/mol. The van der Waals surface area contributed by atoms with Gasteiger partial charge in [0.05, 0.1) is 12.4 Å². The molecule has 8 heteroatoms. The summed E-state index contributed by atoms with van der Waals surface area (Å²) in [4.78, 5) is 28.8. The first-order valence-electron chi connectivity index (χ1n) is 11.7. The molecular weight excluding hydrogens is 445 g/mol. The summed E-state index contributed by atoms with van der Waals surface area (Å²) in [7, 11) is 0. The molecule has 1 atom stereocenters. The molecule has 1 aliphatic heterocycles. The molecule has 0 radical (unpaired) electrons. The smallest absolute Gasteiger partial charge is 0.254 e. The zero-order chi connectivity index (χ0) is 24.2. The minimum Gasteiger partial charge on any atom is -0.436 e. The molecule has 0 unspecified atom stereocenters. The van der Waals surface area contributed by atoms with Crippen LogP contribution in [-0.2, 0) is 6.54 Å². The summed E-state index contributed by atoms with van der Waals surface area (Å²) < 4.78 is 21.8. The number of hydrogen-bond acceptors (Lipinski definition) is 5. The van der Waals surface area contributed by atoms with Crippen LogP contribution >= 0.6 is 0 Å². The molecule has 0 spiro atoms. The van der Waals surface area contributed by atoms with Gasteiger partial charge < -0.3 is 14.2 Å². The molecule has 0 bridgehead atoms. The van der Waals surface area contributed by atoms with Gasteiger partial charge in [0.2, 0.25) is 5.88 Å². The summed E-state index contributed by atoms with van der Waals surface area (Å²) in [6.45, 7) is 3.10. The molecular formula is C27H26FN5O2. The highest BCUT2D eigenvalue weighted by Crippen LogP contribution is 2.32. The third-order valence-electron chi connectivity index (χ3n) is 6.06. The summed E-state index contributed by atoms with van der Waals surface area (Å²) in [6.07, 6.45) is 8.02. The van der Waals surface area contributed by atoms with E-state index in [1.807, 2.05) is 46.9 Å². The van der Waals surface area contributed by atoms with Crippen molar-refractivity contribution in [2.45, 2.75) is 38.8 Å². The van der Waals surface area contributed by atoms with Crippen molar-refractivity contribution < 1.29 is 13.9 Å². The maximum absolute atomic E-state index is 14.1. The highest BCUT2D eigenvalue weighted by Gasteiger charge is 2.31. The molecule has 0 N–H and O–H groups in total. The van der Waals surface area contributed by atoms with Crippen molar-refractivity contribution in [1.82, 2.24) is 24.4 Å². The molecule has 0 saturated carbocycles. The number of rotatable bonds is 6. The summed E-state index contributed by atoms with van der Waals surface area (Å²) in [5.74, 6) is 0.360. The lowest BCUT2D eigenvalue weighted by molar-refractivity contribution is 0.0598. The number of piperidine rings is 1. The number of nitrogens with zero attached hydrogens (tertiary/aromatic N) is 5. The number of imidazole rings is 1. The Labute approximate surface area is 203 Å². The van der Waals surface area contributed by atoms with Gasteiger partial charge in [-0.25, -0.2) is 14.4 Å². The van der Waals surface area contributed by atoms with E-state index < -0.39 is 5.82 Å². The molecule has 5 rings (SSSR count). The van der Waals surface area contributed by atoms with Crippen molar-refractivity contribution in [1.29, 1.82) is 0 Å². The number of carbonyl (C=O) groups is 1. The standard InChI is InChI=1S/C27H26FN5O2/c1-19-15-25(35-24-11-3-2-9-22(24)28)31-26(30-19)23-10-4-5-13-33(23)27(34)21-8-6-7-20(16-21)17-32-14-12-29-18-32/h2-3,6-9,11-12,14-16,18,23H,4-5,10,13,17H2,1H3/t23-/m1/s1. The maximum atomic E-state index is 14.1. The van der Waals surface area contributed by atoms with E-state index in [-0.39, 0.29) is 23.6 Å². The van der Waals surface area contributed by atoms with E-state index in [1.165, 1.54) is 6.07 Å². The third kappa shape index (κ3) is 5.21. The average Bonchev–Trinajstić information content (AvgIpc) is 3.38. The number of hydrogen-bond donors (Lipinski definition) is 0. The summed E-state index contributed by atoms with van der Waals surface area (Å²) in [5.41, 5.74) is 2.35. The maximum Gasteiger partial charge on any atom is 0.254 e. The fourth-order valence-corrected chi connectivity index (χ4v) is 4.41. The van der Waals surface area contributed by atoms with Gasteiger partial charge in [0.15, 0.2) is 17.4 Å². The van der Waals surface area contributed by atoms with Crippen LogP contribution in [0.15, 0.2) is 73.3 Å². The molecule has 2 aromatic carbocycles. The number of carbonyl (C=O) groups excluding carboxylic acids is 1. The Balaban J connectivity index is 1.40. The topological polar surface area (TPSA) is 73.1 Å². The van der Waals surface area contributed by atoms with Crippen LogP contribution in [0.1, 0.15) is 52.7 Å². The Hall–Kier alpha value is -4.07. The van der Waals surface area contributed by atoms with Crippen molar-refractivity contribution in [2.24, 2.45) is 0 Å². The number of aryl methyl sites for hydroxylation is 1. The number of halogens is 1. The van der Waals surface area contributed by atoms with Gasteiger partial charge >= 0.3 is 0 Å². The lowest BCUT2D eigenvalue weighted by atomic mass is 9.99. The number of para-hydroxylation sites is 1. The average molecular weight is 472 g/mol. The van der Waals surface area contributed by atoms with E-state index in [9.17, 15) is 9.18 Å². The molecule has 1 saturated heterocycles. The predicted molar refractivity (Wildman–Crippen MR) is 129 cm³/mol. The Morgan fingerprint density at radius 3 is 2.83 bits per heavy atom. The van der Waals surface area contributed by atoms with Gasteiger partial charge in [0, 0.05) is 42.8 Å². The highest BCUT2D eigenvalue weighted by molar-refractivity contribution is 5.94. The molecule has 3 heterocycles. The fraction of sp³-hybridized carbons (Fsp3) is 0.259. The second kappa shape index (κ2) is 10.0. The van der Waals surface area contributed by atoms with Gasteiger partial charge in [-0.15, -0.1) is 0 Å². The molecule has 7 nitrogen and oxygen atoms in total. The number of likely N-dealkylation sites (tertiary alicyclic amines) is 1. The zero-order valence-electron chi connectivity index (χ0n) is 19.5. The molecule has 35 heavy (non-hydrogen) atoms. The summed E-state index contributed by atoms with van der Waals surface area (Å²) in [6, 6.07) is 15.3. The van der Waals surface area contributed by atoms with Crippen LogP contribution in [0.4, 0.5) is 4.39 Å². The molecule has 2 aromatic heterocycles. The van der Waals surface area contributed by atoms with Crippen LogP contribution < -0.4 is 4.74 Å². The largest absolute Gasteiger partial charge is 0.436 e. The number of amides is 1. The molecule has 1 amide bonds. The lowest BCUT2D eigenvalue weighted by Gasteiger charge is -2.35. The molecule has 1 fully saturated rings. The van der Waals surface area contributed by atoms with Gasteiger partial charge in [0.1, 0.15) is 0 Å². The van der Waals surface area contributed by atoms with Crippen LogP contribution in [-0.4, -0.2) is 36.9 Å². The Morgan fingerprint density at radius 1 is 1.11 bits per heavy atom. The van der Waals surface area contributed by atoms with Crippen molar-refractivity contribution >= 4 is 5.91 Å². The van der Waals surface area contributed by atoms with E-state index >= 15 is 0 Å². The number of ether oxygens (including phenoxy) is 1. The van der Waals surface area contributed by atoms with Gasteiger partial charge in [0.25, 0.3) is 5.91 Å². The summed E-state index contributed by atoms with van der Waals surface area (Å²) >= 11 is 0. The normalized spacial score (nSPS) is 15.7. The van der Waals surface area contributed by atoms with E-state index in [1.54, 1.807) is 36.8 Å². The van der Waals surface area contributed by atoms with E-state index in [0.717, 1.165) is 24.8 Å². The molecule has 4 aromatic rings. The predicted octanol–water partition coefficient (Wildman–Crippen LogP) is 5.33. The van der Waals surface area contributed by atoms with E-state index in [0.29, 0.717) is 30.2 Å². The SMILES string of the molecule is Cc1cc(Oc2ccccc2F)nc([C@H]2CCCCN2C(=O)c2cccc(Cn3ccnc3)c2)n1. The van der Waals surface area contributed by atoms with E-state index in [2.05, 4.69) is 15.0 Å². The number of benzene rings is 2. The zero-order valence-corrected chi connectivity index (χ0v) is 19.5. The van der Waals surface area contributed by atoms with Gasteiger partial charge in [-0.3, -0.25) is 4.79 Å². The lowest BCUT2D eigenvalue weighted by Crippen LogP contribution is -2.39. The van der Waals surface area contributed by atoms with Crippen molar-refractivity contribution in [3.8, 4) is 11.6 Å². The minimum atomic E-state index is -0.463. The van der Waals surface area contributed by atoms with Crippen LogP contribution in [0.5, 0.6) is 11.6 Å². The Kier molecular flexibility index (Phi) is 6.52. The van der Waals surface area contributed by atoms with Crippen molar-refractivity contribution in [3.05, 3.63) is 102 Å². The van der Waals surface area contributed by atoms with Crippen molar-refractivity contribution in [2.75, 3.05) is 6.54 Å². The quantitative estimate of drug-likeness (QED) is 0.380. The van der Waals surface area contributed by atoms with Crippen molar-refractivity contribution in [3.63, 3.8) is 0 Å². The van der Waals surface area contributed by atoms with Crippen LogP contribution in [0.3, 0.4) is 0 Å².